The van der Waals surface area contributed by atoms with Crippen LogP contribution in [0.5, 0.6) is 0 Å². The number of rotatable bonds is 42. The van der Waals surface area contributed by atoms with Crippen LogP contribution >= 0.6 is 0 Å². The van der Waals surface area contributed by atoms with Crippen LogP contribution in [0, 0.1) is 0 Å². The number of ether oxygens (including phenoxy) is 4. The van der Waals surface area contributed by atoms with Gasteiger partial charge in [0.05, 0.1) is 19.8 Å². The molecule has 1 fully saturated rings. The minimum Gasteiger partial charge on any atom is -0.457 e. The van der Waals surface area contributed by atoms with E-state index in [1.807, 2.05) is 0 Å². The summed E-state index contributed by atoms with van der Waals surface area (Å²) in [7, 11) is 0. The molecule has 1 saturated heterocycles. The van der Waals surface area contributed by atoms with Gasteiger partial charge in [0, 0.05) is 13.0 Å². The van der Waals surface area contributed by atoms with E-state index >= 15 is 0 Å². The molecule has 1 heterocycles. The quantitative estimate of drug-likeness (QED) is 0.0268. The highest BCUT2D eigenvalue weighted by Gasteiger charge is 2.44. The molecule has 0 radical (unpaired) electrons. The summed E-state index contributed by atoms with van der Waals surface area (Å²) in [5, 5.41) is 40.2. The zero-order valence-electron chi connectivity index (χ0n) is 40.2. The third-order valence-electron chi connectivity index (χ3n) is 11.0. The van der Waals surface area contributed by atoms with E-state index < -0.39 is 43.4 Å². The average Bonchev–Trinajstić information content (AvgIpc) is 3.30. The fraction of sp³-hybridized carbons (Fsp3) is 0.691. The van der Waals surface area contributed by atoms with Crippen molar-refractivity contribution in [3.8, 4) is 0 Å². The van der Waals surface area contributed by atoms with Gasteiger partial charge in [-0.1, -0.05) is 175 Å². The van der Waals surface area contributed by atoms with Gasteiger partial charge in [-0.25, -0.2) is 0 Å². The zero-order valence-corrected chi connectivity index (χ0v) is 40.2. The Morgan fingerprint density at radius 1 is 0.516 bits per heavy atom. The highest BCUT2D eigenvalue weighted by atomic mass is 16.7. The maximum absolute atomic E-state index is 12.8. The Hall–Kier alpha value is -2.89. The van der Waals surface area contributed by atoms with E-state index in [0.29, 0.717) is 13.0 Å². The molecule has 1 rings (SSSR count). The molecule has 4 N–H and O–H groups in total. The summed E-state index contributed by atoms with van der Waals surface area (Å²) in [6, 6.07) is 0. The second kappa shape index (κ2) is 45.3. The molecular weight excluding hydrogens is 805 g/mol. The topological polar surface area (TPSA) is 135 Å². The molecule has 0 aliphatic carbocycles. The lowest BCUT2D eigenvalue weighted by molar-refractivity contribution is -0.305. The van der Waals surface area contributed by atoms with Gasteiger partial charge >= 0.3 is 5.97 Å². The van der Waals surface area contributed by atoms with E-state index in [4.69, 9.17) is 18.9 Å². The van der Waals surface area contributed by atoms with Crippen molar-refractivity contribution in [3.63, 3.8) is 0 Å². The van der Waals surface area contributed by atoms with Gasteiger partial charge in [0.1, 0.15) is 30.5 Å². The minimum absolute atomic E-state index is 0.125. The number of hydrogen-bond acceptors (Lipinski definition) is 9. The molecule has 6 unspecified atom stereocenters. The van der Waals surface area contributed by atoms with Crippen molar-refractivity contribution in [2.45, 2.75) is 218 Å². The van der Waals surface area contributed by atoms with Gasteiger partial charge in [0.25, 0.3) is 0 Å². The Kier molecular flexibility index (Phi) is 41.8. The van der Waals surface area contributed by atoms with Gasteiger partial charge in [0.2, 0.25) is 0 Å². The first-order valence-corrected chi connectivity index (χ1v) is 25.3. The fourth-order valence-electron chi connectivity index (χ4n) is 7.05. The normalized spacial score (nSPS) is 20.4. The van der Waals surface area contributed by atoms with Crippen LogP contribution in [-0.2, 0) is 23.7 Å². The standard InChI is InChI=1S/C55H92O9/c1-3-5-7-9-11-13-15-17-19-21-22-23-24-25-26-27-28-29-30-32-34-36-38-40-42-44-51(57)63-49(48-62-55-54(60)53(59)52(58)50(46-56)64-55)47-61-45-43-41-39-37-35-33-31-20-18-16-14-12-10-8-6-4-2/h5,7,11-14,17-20,22-23,25-26,28-29,49-50,52-56,58-60H,3-4,6,8-10,15-16,21,24,27,30-48H2,1-2H3/b7-5-,13-11-,14-12-,19-17-,20-18-,23-22-,26-25-,29-28-. The molecule has 0 aromatic carbocycles. The predicted octanol–water partition coefficient (Wildman–Crippen LogP) is 12.4. The molecule has 0 saturated carbocycles. The summed E-state index contributed by atoms with van der Waals surface area (Å²) in [5.41, 5.74) is 0. The predicted molar refractivity (Wildman–Crippen MR) is 265 cm³/mol. The first-order chi connectivity index (χ1) is 31.4. The summed E-state index contributed by atoms with van der Waals surface area (Å²) in [5.74, 6) is -0.336. The van der Waals surface area contributed by atoms with Gasteiger partial charge in [-0.15, -0.1) is 0 Å². The summed E-state index contributed by atoms with van der Waals surface area (Å²) in [6.45, 7) is 4.36. The van der Waals surface area contributed by atoms with Crippen LogP contribution in [0.4, 0.5) is 0 Å². The average molecular weight is 897 g/mol. The smallest absolute Gasteiger partial charge is 0.306 e. The molecule has 9 nitrogen and oxygen atoms in total. The minimum atomic E-state index is -1.55. The van der Waals surface area contributed by atoms with Crippen LogP contribution in [0.3, 0.4) is 0 Å². The Morgan fingerprint density at radius 3 is 1.44 bits per heavy atom. The number of carbonyl (C=O) groups is 1. The van der Waals surface area contributed by atoms with Crippen LogP contribution in [-0.4, -0.2) is 89.6 Å². The Balaban J connectivity index is 2.24. The van der Waals surface area contributed by atoms with Gasteiger partial charge in [-0.3, -0.25) is 4.79 Å². The monoisotopic (exact) mass is 897 g/mol. The lowest BCUT2D eigenvalue weighted by Crippen LogP contribution is -2.59. The van der Waals surface area contributed by atoms with Crippen LogP contribution in [0.15, 0.2) is 97.2 Å². The van der Waals surface area contributed by atoms with Crippen molar-refractivity contribution in [3.05, 3.63) is 97.2 Å². The highest BCUT2D eigenvalue weighted by Crippen LogP contribution is 2.22. The molecule has 1 aliphatic rings. The maximum Gasteiger partial charge on any atom is 0.306 e. The van der Waals surface area contributed by atoms with E-state index in [0.717, 1.165) is 109 Å². The van der Waals surface area contributed by atoms with Crippen molar-refractivity contribution in [1.29, 1.82) is 0 Å². The number of unbranched alkanes of at least 4 members (excludes halogenated alkanes) is 15. The third-order valence-corrected chi connectivity index (χ3v) is 11.0. The summed E-state index contributed by atoms with van der Waals surface area (Å²) >= 11 is 0. The summed E-state index contributed by atoms with van der Waals surface area (Å²) in [6.07, 6.45) is 55.7. The number of aliphatic hydroxyl groups excluding tert-OH is 4. The first-order valence-electron chi connectivity index (χ1n) is 25.3. The van der Waals surface area contributed by atoms with Crippen molar-refractivity contribution in [2.24, 2.45) is 0 Å². The second-order valence-corrected chi connectivity index (χ2v) is 16.9. The first kappa shape index (κ1) is 59.1. The highest BCUT2D eigenvalue weighted by molar-refractivity contribution is 5.69. The zero-order chi connectivity index (χ0) is 46.4. The molecule has 6 atom stereocenters. The third kappa shape index (κ3) is 35.4. The summed E-state index contributed by atoms with van der Waals surface area (Å²) in [4.78, 5) is 12.8. The van der Waals surface area contributed by atoms with E-state index in [2.05, 4.69) is 111 Å². The number of hydrogen-bond donors (Lipinski definition) is 4. The molecule has 366 valence electrons. The van der Waals surface area contributed by atoms with Gasteiger partial charge in [-0.2, -0.15) is 0 Å². The largest absolute Gasteiger partial charge is 0.457 e. The number of aliphatic hydroxyl groups is 4. The van der Waals surface area contributed by atoms with E-state index in [-0.39, 0.29) is 19.2 Å². The lowest BCUT2D eigenvalue weighted by Gasteiger charge is -2.39. The Labute approximate surface area is 390 Å². The van der Waals surface area contributed by atoms with Crippen LogP contribution in [0.1, 0.15) is 181 Å². The number of allylic oxidation sites excluding steroid dienone is 16. The second-order valence-electron chi connectivity index (χ2n) is 16.9. The van der Waals surface area contributed by atoms with Crippen LogP contribution in [0.2, 0.25) is 0 Å². The molecule has 9 heteroatoms. The van der Waals surface area contributed by atoms with Crippen molar-refractivity contribution >= 4 is 5.97 Å². The van der Waals surface area contributed by atoms with Crippen LogP contribution < -0.4 is 0 Å². The van der Waals surface area contributed by atoms with E-state index in [9.17, 15) is 25.2 Å². The SMILES string of the molecule is CC/C=C\C/C=C\C/C=C\C/C=C\C/C=C\C/C=C\CCCCCCCCC(=O)OC(COCCCCCCCC/C=C\C/C=C\CCCCC)COC1OC(CO)C(O)C(O)C1O. The fourth-order valence-corrected chi connectivity index (χ4v) is 7.05. The van der Waals surface area contributed by atoms with Gasteiger partial charge < -0.3 is 39.4 Å². The molecule has 0 aromatic rings. The van der Waals surface area contributed by atoms with Crippen molar-refractivity contribution in [1.82, 2.24) is 0 Å². The Bertz CT molecular complexity index is 1300. The van der Waals surface area contributed by atoms with Crippen LogP contribution in [0.25, 0.3) is 0 Å². The lowest BCUT2D eigenvalue weighted by atomic mass is 9.99. The maximum atomic E-state index is 12.8. The Morgan fingerprint density at radius 2 is 0.953 bits per heavy atom. The van der Waals surface area contributed by atoms with Crippen molar-refractivity contribution in [2.75, 3.05) is 26.4 Å². The summed E-state index contributed by atoms with van der Waals surface area (Å²) < 4.78 is 22.9. The number of carbonyl (C=O) groups excluding carboxylic acids is 1. The number of esters is 1. The molecule has 64 heavy (non-hydrogen) atoms. The van der Waals surface area contributed by atoms with Gasteiger partial charge in [-0.05, 0) is 96.3 Å². The van der Waals surface area contributed by atoms with E-state index in [1.54, 1.807) is 0 Å². The molecule has 1 aliphatic heterocycles. The van der Waals surface area contributed by atoms with E-state index in [1.165, 1.54) is 51.4 Å². The molecule has 0 bridgehead atoms. The molecule has 0 amide bonds. The van der Waals surface area contributed by atoms with Gasteiger partial charge in [0.15, 0.2) is 6.29 Å². The van der Waals surface area contributed by atoms with Crippen molar-refractivity contribution < 1.29 is 44.2 Å². The molecule has 0 aromatic heterocycles. The molecule has 0 spiro atoms. The molecular formula is C55H92O9.